The van der Waals surface area contributed by atoms with E-state index in [1.54, 1.807) is 23.8 Å². The summed E-state index contributed by atoms with van der Waals surface area (Å²) in [4.78, 5) is 26.0. The molecule has 3 heterocycles. The number of nitrogens with one attached hydrogen (secondary N) is 2. The van der Waals surface area contributed by atoms with Crippen LogP contribution in [0.1, 0.15) is 20.8 Å². The van der Waals surface area contributed by atoms with Crippen LogP contribution in [0.2, 0.25) is 0 Å². The molecule has 0 radical (unpaired) electrons. The Hall–Kier alpha value is -3.07. The van der Waals surface area contributed by atoms with E-state index in [0.29, 0.717) is 23.4 Å². The smallest absolute Gasteiger partial charge is 0.404 e. The Morgan fingerprint density at radius 3 is 2.66 bits per heavy atom. The number of aryl methyl sites for hydroxylation is 1. The van der Waals surface area contributed by atoms with Crippen LogP contribution in [0.4, 0.5) is 30.5 Å². The van der Waals surface area contributed by atoms with Crippen LogP contribution in [-0.2, 0) is 12.8 Å². The van der Waals surface area contributed by atoms with Gasteiger partial charge in [-0.25, -0.2) is 15.4 Å². The maximum atomic E-state index is 13.2. The molecule has 1 aliphatic carbocycles. The first kappa shape index (κ1) is 26.5. The molecule has 5 rings (SSSR count). The standard InChI is InChI=1S/C24H25F3N6O3S2/c1-32-7-9-33(10-8-32)14-4-6-17(36-24(25,26)27)16(11-14)29-23-28-12-13-3-5-15-18(19(13)30-23)22(37-2)38-20(15)21(34)31-35/h4,6,11-12,35H,3,5,7-10H2,1-2H3,(H,31,34)(H,28,29,30). The van der Waals surface area contributed by atoms with Crippen LogP contribution in [0.3, 0.4) is 0 Å². The van der Waals surface area contributed by atoms with Crippen molar-refractivity contribution in [2.45, 2.75) is 23.4 Å². The number of benzene rings is 1. The predicted octanol–water partition coefficient (Wildman–Crippen LogP) is 4.54. The predicted molar refractivity (Wildman–Crippen MR) is 140 cm³/mol. The number of hydrogen-bond donors (Lipinski definition) is 3. The van der Waals surface area contributed by atoms with Crippen molar-refractivity contribution in [3.63, 3.8) is 0 Å². The molecule has 3 aromatic rings. The zero-order valence-corrected chi connectivity index (χ0v) is 22.2. The van der Waals surface area contributed by atoms with Gasteiger partial charge < -0.3 is 19.9 Å². The molecule has 1 aromatic carbocycles. The number of thiophene rings is 1. The first-order valence-corrected chi connectivity index (χ1v) is 13.8. The summed E-state index contributed by atoms with van der Waals surface area (Å²) in [6.07, 6.45) is -0.179. The zero-order valence-electron chi connectivity index (χ0n) is 20.6. The second kappa shape index (κ2) is 10.6. The van der Waals surface area contributed by atoms with Crippen molar-refractivity contribution in [2.24, 2.45) is 0 Å². The lowest BCUT2D eigenvalue weighted by Crippen LogP contribution is -2.44. The molecule has 0 spiro atoms. The summed E-state index contributed by atoms with van der Waals surface area (Å²) in [5.74, 6) is -0.873. The van der Waals surface area contributed by atoms with Gasteiger partial charge in [-0.1, -0.05) is 0 Å². The molecule has 202 valence electrons. The Labute approximate surface area is 225 Å². The van der Waals surface area contributed by atoms with Crippen molar-refractivity contribution >= 4 is 46.3 Å². The van der Waals surface area contributed by atoms with Gasteiger partial charge in [0.2, 0.25) is 5.95 Å². The Morgan fingerprint density at radius 2 is 1.97 bits per heavy atom. The summed E-state index contributed by atoms with van der Waals surface area (Å²) >= 11 is 2.72. The fourth-order valence-electron chi connectivity index (χ4n) is 4.64. The number of hydrogen-bond acceptors (Lipinski definition) is 10. The van der Waals surface area contributed by atoms with Gasteiger partial charge in [0.15, 0.2) is 5.75 Å². The number of rotatable bonds is 6. The Kier molecular flexibility index (Phi) is 7.40. The summed E-state index contributed by atoms with van der Waals surface area (Å²) in [5, 5.41) is 12.1. The van der Waals surface area contributed by atoms with E-state index >= 15 is 0 Å². The second-order valence-electron chi connectivity index (χ2n) is 8.93. The number of alkyl halides is 3. The van der Waals surface area contributed by atoms with Crippen molar-refractivity contribution in [2.75, 3.05) is 49.7 Å². The summed E-state index contributed by atoms with van der Waals surface area (Å²) in [7, 11) is 2.03. The van der Waals surface area contributed by atoms with E-state index < -0.39 is 12.3 Å². The molecule has 1 fully saturated rings. The van der Waals surface area contributed by atoms with Gasteiger partial charge in [-0.05, 0) is 55.5 Å². The van der Waals surface area contributed by atoms with E-state index in [1.807, 2.05) is 13.3 Å². The van der Waals surface area contributed by atoms with E-state index in [4.69, 9.17) is 0 Å². The van der Waals surface area contributed by atoms with Gasteiger partial charge in [0, 0.05) is 43.6 Å². The highest BCUT2D eigenvalue weighted by atomic mass is 32.2. The van der Waals surface area contributed by atoms with E-state index in [9.17, 15) is 23.2 Å². The van der Waals surface area contributed by atoms with Crippen molar-refractivity contribution in [1.29, 1.82) is 0 Å². The number of halogens is 3. The SMILES string of the molecule is CSc1sc(C(=O)NO)c2c1-c1nc(Nc3cc(N4CCN(C)CC4)ccc3OC(F)(F)F)ncc1CC2. The summed E-state index contributed by atoms with van der Waals surface area (Å²) in [5.41, 5.74) is 5.59. The number of likely N-dealkylation sites (N-methyl/N-ethyl adjacent to an activating group) is 1. The van der Waals surface area contributed by atoms with Gasteiger partial charge in [-0.2, -0.15) is 0 Å². The highest BCUT2D eigenvalue weighted by molar-refractivity contribution is 8.00. The van der Waals surface area contributed by atoms with E-state index in [1.165, 1.54) is 29.2 Å². The molecule has 1 aliphatic heterocycles. The molecular weight excluding hydrogens is 541 g/mol. The maximum Gasteiger partial charge on any atom is 0.573 e. The van der Waals surface area contributed by atoms with Crippen molar-refractivity contribution in [3.8, 4) is 17.0 Å². The largest absolute Gasteiger partial charge is 0.573 e. The number of fused-ring (bicyclic) bond motifs is 3. The molecule has 0 bridgehead atoms. The number of aromatic nitrogens is 2. The Balaban J connectivity index is 1.52. The number of anilines is 3. The minimum absolute atomic E-state index is 0.0884. The van der Waals surface area contributed by atoms with E-state index in [-0.39, 0.29) is 17.4 Å². The lowest BCUT2D eigenvalue weighted by molar-refractivity contribution is -0.274. The molecule has 9 nitrogen and oxygen atoms in total. The minimum atomic E-state index is -4.87. The summed E-state index contributed by atoms with van der Waals surface area (Å²) < 4.78 is 44.7. The number of amides is 1. The topological polar surface area (TPSA) is 103 Å². The van der Waals surface area contributed by atoms with Crippen molar-refractivity contribution in [3.05, 3.63) is 40.4 Å². The van der Waals surface area contributed by atoms with Crippen LogP contribution in [0, 0.1) is 0 Å². The molecule has 0 atom stereocenters. The molecule has 2 aromatic heterocycles. The fraction of sp³-hybridized carbons (Fsp3) is 0.375. The fourth-order valence-corrected chi connectivity index (χ4v) is 6.62. The average Bonchev–Trinajstić information content (AvgIpc) is 3.28. The third kappa shape index (κ3) is 5.39. The number of piperazine rings is 1. The molecule has 14 heteroatoms. The van der Waals surface area contributed by atoms with Gasteiger partial charge in [0.05, 0.1) is 20.5 Å². The number of hydroxylamine groups is 1. The Bertz CT molecular complexity index is 1360. The first-order valence-electron chi connectivity index (χ1n) is 11.8. The van der Waals surface area contributed by atoms with Crippen LogP contribution in [0.5, 0.6) is 5.75 Å². The number of ether oxygens (including phenoxy) is 1. The number of carbonyl (C=O) groups is 1. The second-order valence-corrected chi connectivity index (χ2v) is 11.0. The maximum absolute atomic E-state index is 13.2. The van der Waals surface area contributed by atoms with Gasteiger partial charge in [0.25, 0.3) is 5.91 Å². The van der Waals surface area contributed by atoms with Crippen LogP contribution in [0.15, 0.2) is 28.6 Å². The number of nitrogens with zero attached hydrogens (tertiary/aromatic N) is 4. The van der Waals surface area contributed by atoms with Gasteiger partial charge in [-0.3, -0.25) is 10.0 Å². The molecule has 0 saturated carbocycles. The molecule has 1 amide bonds. The molecular formula is C24H25F3N6O3S2. The molecule has 38 heavy (non-hydrogen) atoms. The van der Waals surface area contributed by atoms with Crippen LogP contribution in [0.25, 0.3) is 11.3 Å². The lowest BCUT2D eigenvalue weighted by atomic mass is 9.91. The molecule has 3 N–H and O–H groups in total. The van der Waals surface area contributed by atoms with E-state index in [2.05, 4.69) is 29.8 Å². The van der Waals surface area contributed by atoms with Crippen LogP contribution in [-0.4, -0.2) is 71.8 Å². The summed E-state index contributed by atoms with van der Waals surface area (Å²) in [6.45, 7) is 3.17. The van der Waals surface area contributed by atoms with Crippen LogP contribution < -0.4 is 20.4 Å². The molecule has 2 aliphatic rings. The van der Waals surface area contributed by atoms with E-state index in [0.717, 1.165) is 52.8 Å². The minimum Gasteiger partial charge on any atom is -0.404 e. The summed E-state index contributed by atoms with van der Waals surface area (Å²) in [6, 6.07) is 4.52. The molecule has 0 unspecified atom stereocenters. The van der Waals surface area contributed by atoms with Gasteiger partial charge in [0.1, 0.15) is 0 Å². The highest BCUT2D eigenvalue weighted by Gasteiger charge is 2.33. The third-order valence-electron chi connectivity index (χ3n) is 6.52. The van der Waals surface area contributed by atoms with Gasteiger partial charge >= 0.3 is 6.36 Å². The number of thioether (sulfide) groups is 1. The lowest BCUT2D eigenvalue weighted by Gasteiger charge is -2.34. The quantitative estimate of drug-likeness (QED) is 0.226. The average molecular weight is 567 g/mol. The molecule has 1 saturated heterocycles. The third-order valence-corrected chi connectivity index (χ3v) is 8.87. The monoisotopic (exact) mass is 566 g/mol. The highest BCUT2D eigenvalue weighted by Crippen LogP contribution is 2.46. The first-order chi connectivity index (χ1) is 18.2. The Morgan fingerprint density at radius 1 is 1.21 bits per heavy atom. The van der Waals surface area contributed by atoms with Crippen molar-refractivity contribution < 1.29 is 27.9 Å². The zero-order chi connectivity index (χ0) is 27.0. The van der Waals surface area contributed by atoms with Crippen molar-refractivity contribution in [1.82, 2.24) is 20.3 Å². The van der Waals surface area contributed by atoms with Gasteiger partial charge in [-0.15, -0.1) is 36.3 Å². The number of carbonyl (C=O) groups excluding carboxylic acids is 1. The van der Waals surface area contributed by atoms with Crippen LogP contribution >= 0.6 is 23.1 Å². The normalized spacial score (nSPS) is 15.6.